The molecule has 0 radical (unpaired) electrons. The van der Waals surface area contributed by atoms with Gasteiger partial charge in [0, 0.05) is 5.56 Å². The number of aromatic hydroxyl groups is 1. The van der Waals surface area contributed by atoms with Gasteiger partial charge in [0.25, 0.3) is 0 Å². The Labute approximate surface area is 97.8 Å². The SMILES string of the molecule is COc1c(Br)cc(C)c(C(C)(C)O)c1O. The van der Waals surface area contributed by atoms with Crippen LogP contribution in [0.25, 0.3) is 0 Å². The summed E-state index contributed by atoms with van der Waals surface area (Å²) in [6.45, 7) is 5.09. The Kier molecular flexibility index (Phi) is 3.31. The number of aryl methyl sites for hydroxylation is 1. The number of phenols is 1. The van der Waals surface area contributed by atoms with Crippen LogP contribution in [-0.2, 0) is 5.60 Å². The molecule has 0 saturated carbocycles. The molecule has 0 spiro atoms. The van der Waals surface area contributed by atoms with Gasteiger partial charge >= 0.3 is 0 Å². The average Bonchev–Trinajstić information content (AvgIpc) is 2.00. The third kappa shape index (κ3) is 2.26. The van der Waals surface area contributed by atoms with Crippen molar-refractivity contribution in [2.75, 3.05) is 7.11 Å². The fourth-order valence-electron chi connectivity index (χ4n) is 1.71. The number of ether oxygens (including phenoxy) is 1. The molecule has 0 bridgehead atoms. The largest absolute Gasteiger partial charge is 0.504 e. The van der Waals surface area contributed by atoms with Crippen molar-refractivity contribution in [1.82, 2.24) is 0 Å². The van der Waals surface area contributed by atoms with Crippen LogP contribution in [0.5, 0.6) is 11.5 Å². The quantitative estimate of drug-likeness (QED) is 0.872. The predicted molar refractivity (Wildman–Crippen MR) is 62.3 cm³/mol. The Morgan fingerprint density at radius 3 is 2.33 bits per heavy atom. The zero-order chi connectivity index (χ0) is 11.8. The first-order valence-corrected chi connectivity index (χ1v) is 5.37. The number of methoxy groups -OCH3 is 1. The molecule has 0 aliphatic rings. The summed E-state index contributed by atoms with van der Waals surface area (Å²) < 4.78 is 5.73. The summed E-state index contributed by atoms with van der Waals surface area (Å²) in [4.78, 5) is 0. The van der Waals surface area contributed by atoms with Gasteiger partial charge in [-0.05, 0) is 48.3 Å². The van der Waals surface area contributed by atoms with E-state index in [9.17, 15) is 10.2 Å². The van der Waals surface area contributed by atoms with Gasteiger partial charge in [0.2, 0.25) is 0 Å². The maximum Gasteiger partial charge on any atom is 0.175 e. The summed E-state index contributed by atoms with van der Waals surface area (Å²) in [5, 5.41) is 19.9. The molecule has 1 aromatic carbocycles. The molecule has 0 heterocycles. The van der Waals surface area contributed by atoms with E-state index in [0.717, 1.165) is 5.56 Å². The number of hydrogen-bond acceptors (Lipinski definition) is 3. The Morgan fingerprint density at radius 2 is 1.93 bits per heavy atom. The highest BCUT2D eigenvalue weighted by Gasteiger charge is 2.26. The summed E-state index contributed by atoms with van der Waals surface area (Å²) in [6, 6.07) is 1.81. The van der Waals surface area contributed by atoms with E-state index in [-0.39, 0.29) is 5.75 Å². The van der Waals surface area contributed by atoms with Crippen LogP contribution in [0.3, 0.4) is 0 Å². The van der Waals surface area contributed by atoms with Gasteiger partial charge in [-0.2, -0.15) is 0 Å². The second-order valence-electron chi connectivity index (χ2n) is 3.99. The van der Waals surface area contributed by atoms with Crippen molar-refractivity contribution in [3.05, 3.63) is 21.7 Å². The predicted octanol–water partition coefficient (Wildman–Crippen LogP) is 2.70. The van der Waals surface area contributed by atoms with Crippen LogP contribution in [0.1, 0.15) is 25.0 Å². The van der Waals surface area contributed by atoms with Crippen molar-refractivity contribution < 1.29 is 14.9 Å². The van der Waals surface area contributed by atoms with Gasteiger partial charge in [0.15, 0.2) is 11.5 Å². The number of rotatable bonds is 2. The second-order valence-corrected chi connectivity index (χ2v) is 4.85. The van der Waals surface area contributed by atoms with Crippen LogP contribution in [-0.4, -0.2) is 17.3 Å². The molecule has 4 heteroatoms. The average molecular weight is 275 g/mol. The van der Waals surface area contributed by atoms with Crippen LogP contribution in [0.4, 0.5) is 0 Å². The van der Waals surface area contributed by atoms with Crippen LogP contribution < -0.4 is 4.74 Å². The molecule has 0 atom stereocenters. The third-order valence-corrected chi connectivity index (χ3v) is 2.81. The van der Waals surface area contributed by atoms with Gasteiger partial charge in [-0.15, -0.1) is 0 Å². The highest BCUT2D eigenvalue weighted by molar-refractivity contribution is 9.10. The molecule has 3 nitrogen and oxygen atoms in total. The molecule has 0 aliphatic carbocycles. The summed E-state index contributed by atoms with van der Waals surface area (Å²) >= 11 is 3.29. The van der Waals surface area contributed by atoms with Gasteiger partial charge in [-0.3, -0.25) is 0 Å². The van der Waals surface area contributed by atoms with E-state index < -0.39 is 5.60 Å². The molecule has 84 valence electrons. The number of hydrogen-bond donors (Lipinski definition) is 2. The number of benzene rings is 1. The van der Waals surface area contributed by atoms with Crippen molar-refractivity contribution in [2.45, 2.75) is 26.4 Å². The number of phenolic OH excluding ortho intramolecular Hbond substituents is 1. The minimum Gasteiger partial charge on any atom is -0.504 e. The highest BCUT2D eigenvalue weighted by Crippen LogP contribution is 2.43. The molecule has 0 unspecified atom stereocenters. The summed E-state index contributed by atoms with van der Waals surface area (Å²) in [7, 11) is 1.48. The normalized spacial score (nSPS) is 11.6. The zero-order valence-electron chi connectivity index (χ0n) is 9.26. The Balaban J connectivity index is 3.53. The Morgan fingerprint density at radius 1 is 1.40 bits per heavy atom. The maximum atomic E-state index is 9.97. The first kappa shape index (κ1) is 12.3. The Hall–Kier alpha value is -0.740. The molecule has 15 heavy (non-hydrogen) atoms. The minimum atomic E-state index is -1.10. The standard InChI is InChI=1S/C11H15BrO3/c1-6-5-7(12)10(15-4)9(13)8(6)11(2,3)14/h5,13-14H,1-4H3. The van der Waals surface area contributed by atoms with E-state index in [1.807, 2.05) is 13.0 Å². The van der Waals surface area contributed by atoms with Crippen molar-refractivity contribution >= 4 is 15.9 Å². The first-order valence-electron chi connectivity index (χ1n) is 4.58. The third-order valence-electron chi connectivity index (χ3n) is 2.22. The van der Waals surface area contributed by atoms with Crippen molar-refractivity contribution in [3.8, 4) is 11.5 Å². The van der Waals surface area contributed by atoms with Crippen molar-refractivity contribution in [3.63, 3.8) is 0 Å². The molecule has 1 aromatic rings. The van der Waals surface area contributed by atoms with Crippen LogP contribution in [0.15, 0.2) is 10.5 Å². The minimum absolute atomic E-state index is 0.0168. The van der Waals surface area contributed by atoms with Crippen molar-refractivity contribution in [1.29, 1.82) is 0 Å². The van der Waals surface area contributed by atoms with Gasteiger partial charge in [0.1, 0.15) is 0 Å². The Bertz CT molecular complexity index is 380. The van der Waals surface area contributed by atoms with Crippen LogP contribution >= 0.6 is 15.9 Å². The highest BCUT2D eigenvalue weighted by atomic mass is 79.9. The molecule has 1 rings (SSSR count). The lowest BCUT2D eigenvalue weighted by Crippen LogP contribution is -2.17. The molecule has 0 aliphatic heterocycles. The van der Waals surface area contributed by atoms with Gasteiger partial charge in [-0.1, -0.05) is 0 Å². The lowest BCUT2D eigenvalue weighted by molar-refractivity contribution is 0.0746. The van der Waals surface area contributed by atoms with Gasteiger partial charge in [-0.25, -0.2) is 0 Å². The van der Waals surface area contributed by atoms with E-state index in [0.29, 0.717) is 15.8 Å². The van der Waals surface area contributed by atoms with E-state index in [1.54, 1.807) is 13.8 Å². The summed E-state index contributed by atoms with van der Waals surface area (Å²) in [5.41, 5.74) is 0.206. The fourth-order valence-corrected chi connectivity index (χ4v) is 2.40. The van der Waals surface area contributed by atoms with Crippen molar-refractivity contribution in [2.24, 2.45) is 0 Å². The molecule has 0 saturated heterocycles. The van der Waals surface area contributed by atoms with Gasteiger partial charge in [0.05, 0.1) is 17.2 Å². The van der Waals surface area contributed by atoms with Crippen LogP contribution in [0.2, 0.25) is 0 Å². The van der Waals surface area contributed by atoms with Gasteiger partial charge < -0.3 is 14.9 Å². The second kappa shape index (κ2) is 4.02. The molecule has 0 fully saturated rings. The molecular formula is C11H15BrO3. The molecule has 0 aromatic heterocycles. The lowest BCUT2D eigenvalue weighted by atomic mass is 9.92. The molecular weight excluding hydrogens is 260 g/mol. The van der Waals surface area contributed by atoms with Crippen LogP contribution in [0, 0.1) is 6.92 Å². The van der Waals surface area contributed by atoms with E-state index in [2.05, 4.69) is 15.9 Å². The summed E-state index contributed by atoms with van der Waals surface area (Å²) in [5.74, 6) is 0.328. The maximum absolute atomic E-state index is 9.97. The smallest absolute Gasteiger partial charge is 0.175 e. The number of halogens is 1. The van der Waals surface area contributed by atoms with E-state index in [1.165, 1.54) is 7.11 Å². The molecule has 0 amide bonds. The van der Waals surface area contributed by atoms with E-state index in [4.69, 9.17) is 4.74 Å². The zero-order valence-corrected chi connectivity index (χ0v) is 10.8. The molecule has 2 N–H and O–H groups in total. The monoisotopic (exact) mass is 274 g/mol. The number of aliphatic hydroxyl groups is 1. The summed E-state index contributed by atoms with van der Waals surface area (Å²) in [6.07, 6.45) is 0. The first-order chi connectivity index (χ1) is 6.79. The fraction of sp³-hybridized carbons (Fsp3) is 0.455. The topological polar surface area (TPSA) is 49.7 Å². The lowest BCUT2D eigenvalue weighted by Gasteiger charge is -2.23. The van der Waals surface area contributed by atoms with E-state index >= 15 is 0 Å².